The summed E-state index contributed by atoms with van der Waals surface area (Å²) in [5.74, 6) is -0.603. The van der Waals surface area contributed by atoms with E-state index in [1.807, 2.05) is 6.92 Å². The van der Waals surface area contributed by atoms with Crippen LogP contribution >= 0.6 is 0 Å². The SMILES string of the molecule is CCc1cc(C)c(C(C)=O)c(O)c1C(C)=O. The Hall–Kier alpha value is -1.64. The second kappa shape index (κ2) is 4.47. The zero-order valence-electron chi connectivity index (χ0n) is 10.0. The molecule has 0 aliphatic heterocycles. The third kappa shape index (κ3) is 1.98. The zero-order chi connectivity index (χ0) is 12.5. The minimum absolute atomic E-state index is 0.170. The number of ketones is 2. The molecule has 0 saturated heterocycles. The number of carbonyl (C=O) groups excluding carboxylic acids is 2. The van der Waals surface area contributed by atoms with Crippen LogP contribution in [0, 0.1) is 6.92 Å². The molecule has 86 valence electrons. The average molecular weight is 220 g/mol. The number of benzene rings is 1. The van der Waals surface area contributed by atoms with Gasteiger partial charge in [0.25, 0.3) is 0 Å². The van der Waals surface area contributed by atoms with Crippen LogP contribution in [0.3, 0.4) is 0 Å². The highest BCUT2D eigenvalue weighted by Crippen LogP contribution is 2.30. The van der Waals surface area contributed by atoms with Gasteiger partial charge in [0, 0.05) is 0 Å². The van der Waals surface area contributed by atoms with Gasteiger partial charge in [-0.2, -0.15) is 0 Å². The first-order valence-corrected chi connectivity index (χ1v) is 5.27. The molecule has 0 aliphatic carbocycles. The molecule has 1 aromatic carbocycles. The lowest BCUT2D eigenvalue weighted by molar-refractivity contribution is 0.101. The Bertz CT molecular complexity index is 459. The summed E-state index contributed by atoms with van der Waals surface area (Å²) in [7, 11) is 0. The standard InChI is InChI=1S/C13H16O3/c1-5-10-6-7(2)11(8(3)14)13(16)12(10)9(4)15/h6,16H,5H2,1-4H3. The molecule has 0 atom stereocenters. The second-order valence-electron chi connectivity index (χ2n) is 3.92. The van der Waals surface area contributed by atoms with E-state index >= 15 is 0 Å². The van der Waals surface area contributed by atoms with Crippen LogP contribution in [-0.4, -0.2) is 16.7 Å². The summed E-state index contributed by atoms with van der Waals surface area (Å²) in [6.45, 7) is 6.46. The highest BCUT2D eigenvalue weighted by Gasteiger charge is 2.20. The monoisotopic (exact) mass is 220 g/mol. The third-order valence-electron chi connectivity index (χ3n) is 2.66. The zero-order valence-corrected chi connectivity index (χ0v) is 10.0. The number of Topliss-reactive ketones (excluding diaryl/α,β-unsaturated/α-hetero) is 2. The molecule has 1 N–H and O–H groups in total. The van der Waals surface area contributed by atoms with Gasteiger partial charge in [-0.3, -0.25) is 9.59 Å². The smallest absolute Gasteiger partial charge is 0.163 e. The number of hydrogen-bond donors (Lipinski definition) is 1. The van der Waals surface area contributed by atoms with E-state index in [1.54, 1.807) is 13.0 Å². The third-order valence-corrected chi connectivity index (χ3v) is 2.66. The van der Waals surface area contributed by atoms with Crippen LogP contribution in [0.1, 0.15) is 52.6 Å². The fraction of sp³-hybridized carbons (Fsp3) is 0.385. The van der Waals surface area contributed by atoms with E-state index < -0.39 is 0 Å². The number of carbonyl (C=O) groups is 2. The van der Waals surface area contributed by atoms with Crippen molar-refractivity contribution in [3.8, 4) is 5.75 Å². The Kier molecular flexibility index (Phi) is 3.48. The summed E-state index contributed by atoms with van der Waals surface area (Å²) < 4.78 is 0. The van der Waals surface area contributed by atoms with Crippen LogP contribution in [0.15, 0.2) is 6.07 Å². The van der Waals surface area contributed by atoms with Crippen molar-refractivity contribution in [3.05, 3.63) is 28.3 Å². The quantitative estimate of drug-likeness (QED) is 0.797. The first-order chi connectivity index (χ1) is 7.40. The fourth-order valence-corrected chi connectivity index (χ4v) is 1.99. The molecule has 3 heteroatoms. The van der Waals surface area contributed by atoms with Crippen LogP contribution < -0.4 is 0 Å². The first kappa shape index (κ1) is 12.4. The van der Waals surface area contributed by atoms with Gasteiger partial charge in [-0.25, -0.2) is 0 Å². The Morgan fingerprint density at radius 1 is 1.19 bits per heavy atom. The van der Waals surface area contributed by atoms with Crippen molar-refractivity contribution in [2.75, 3.05) is 0 Å². The molecule has 3 nitrogen and oxygen atoms in total. The van der Waals surface area contributed by atoms with Gasteiger partial charge in [-0.15, -0.1) is 0 Å². The molecule has 0 unspecified atom stereocenters. The van der Waals surface area contributed by atoms with Crippen molar-refractivity contribution in [3.63, 3.8) is 0 Å². The molecule has 0 bridgehead atoms. The van der Waals surface area contributed by atoms with Crippen molar-refractivity contribution in [2.24, 2.45) is 0 Å². The molecule has 16 heavy (non-hydrogen) atoms. The van der Waals surface area contributed by atoms with Gasteiger partial charge in [0.1, 0.15) is 5.75 Å². The van der Waals surface area contributed by atoms with Gasteiger partial charge < -0.3 is 5.11 Å². The normalized spacial score (nSPS) is 10.2. The van der Waals surface area contributed by atoms with E-state index in [9.17, 15) is 14.7 Å². The second-order valence-corrected chi connectivity index (χ2v) is 3.92. The summed E-state index contributed by atoms with van der Waals surface area (Å²) >= 11 is 0. The maximum absolute atomic E-state index is 11.5. The summed E-state index contributed by atoms with van der Waals surface area (Å²) in [4.78, 5) is 22.9. The average Bonchev–Trinajstić information content (AvgIpc) is 2.14. The molecule has 0 amide bonds. The fourth-order valence-electron chi connectivity index (χ4n) is 1.99. The largest absolute Gasteiger partial charge is 0.506 e. The summed E-state index contributed by atoms with van der Waals surface area (Å²) in [6.07, 6.45) is 0.654. The predicted molar refractivity (Wildman–Crippen MR) is 62.2 cm³/mol. The molecular formula is C13H16O3. The van der Waals surface area contributed by atoms with Crippen molar-refractivity contribution in [1.82, 2.24) is 0 Å². The van der Waals surface area contributed by atoms with Gasteiger partial charge in [0.15, 0.2) is 11.6 Å². The molecule has 0 aliphatic rings. The molecule has 0 fully saturated rings. The van der Waals surface area contributed by atoms with Crippen LogP contribution in [-0.2, 0) is 6.42 Å². The van der Waals surface area contributed by atoms with Crippen LogP contribution in [0.4, 0.5) is 0 Å². The Labute approximate surface area is 95.1 Å². The molecule has 0 radical (unpaired) electrons. The number of phenolic OH excluding ortho intramolecular Hbond substituents is 1. The van der Waals surface area contributed by atoms with Crippen LogP contribution in [0.2, 0.25) is 0 Å². The minimum Gasteiger partial charge on any atom is -0.506 e. The van der Waals surface area contributed by atoms with Crippen molar-refractivity contribution in [2.45, 2.75) is 34.1 Å². The van der Waals surface area contributed by atoms with Gasteiger partial charge in [-0.1, -0.05) is 13.0 Å². The lowest BCUT2D eigenvalue weighted by atomic mass is 9.92. The Morgan fingerprint density at radius 3 is 2.06 bits per heavy atom. The van der Waals surface area contributed by atoms with Crippen LogP contribution in [0.25, 0.3) is 0 Å². The summed E-state index contributed by atoms with van der Waals surface area (Å²) in [5, 5.41) is 9.98. The highest BCUT2D eigenvalue weighted by molar-refractivity contribution is 6.05. The summed E-state index contributed by atoms with van der Waals surface area (Å²) in [6, 6.07) is 1.80. The maximum Gasteiger partial charge on any atom is 0.163 e. The van der Waals surface area contributed by atoms with Crippen molar-refractivity contribution in [1.29, 1.82) is 0 Å². The minimum atomic E-state index is -0.222. The van der Waals surface area contributed by atoms with Crippen molar-refractivity contribution >= 4 is 11.6 Å². The lowest BCUT2D eigenvalue weighted by Gasteiger charge is -2.13. The number of aryl methyl sites for hydroxylation is 2. The number of rotatable bonds is 3. The molecule has 0 aromatic heterocycles. The predicted octanol–water partition coefficient (Wildman–Crippen LogP) is 2.67. The lowest BCUT2D eigenvalue weighted by Crippen LogP contribution is -2.06. The number of phenols is 1. The molecule has 0 spiro atoms. The molecule has 0 heterocycles. The van der Waals surface area contributed by atoms with E-state index in [4.69, 9.17) is 0 Å². The Balaban J connectivity index is 3.65. The van der Waals surface area contributed by atoms with E-state index in [-0.39, 0.29) is 28.4 Å². The van der Waals surface area contributed by atoms with E-state index in [2.05, 4.69) is 0 Å². The van der Waals surface area contributed by atoms with E-state index in [1.165, 1.54) is 13.8 Å². The van der Waals surface area contributed by atoms with E-state index in [0.717, 1.165) is 5.56 Å². The maximum atomic E-state index is 11.5. The van der Waals surface area contributed by atoms with Gasteiger partial charge in [0.2, 0.25) is 0 Å². The molecule has 1 aromatic rings. The van der Waals surface area contributed by atoms with E-state index in [0.29, 0.717) is 12.0 Å². The molecule has 1 rings (SSSR count). The number of hydrogen-bond acceptors (Lipinski definition) is 3. The van der Waals surface area contributed by atoms with Gasteiger partial charge in [-0.05, 0) is 38.3 Å². The van der Waals surface area contributed by atoms with Crippen LogP contribution in [0.5, 0.6) is 5.75 Å². The van der Waals surface area contributed by atoms with Crippen molar-refractivity contribution < 1.29 is 14.7 Å². The summed E-state index contributed by atoms with van der Waals surface area (Å²) in [5.41, 5.74) is 2.03. The highest BCUT2D eigenvalue weighted by atomic mass is 16.3. The molecule has 0 saturated carbocycles. The van der Waals surface area contributed by atoms with Gasteiger partial charge >= 0.3 is 0 Å². The molecular weight excluding hydrogens is 204 g/mol. The topological polar surface area (TPSA) is 54.4 Å². The first-order valence-electron chi connectivity index (χ1n) is 5.27. The number of aromatic hydroxyl groups is 1. The Morgan fingerprint density at radius 2 is 1.69 bits per heavy atom. The van der Waals surface area contributed by atoms with Gasteiger partial charge in [0.05, 0.1) is 11.1 Å².